The molecule has 0 spiro atoms. The zero-order valence-electron chi connectivity index (χ0n) is 38.8. The second-order valence-electron chi connectivity index (χ2n) is 17.3. The molecule has 0 aliphatic carbocycles. The number of hydrogen-bond acceptors (Lipinski definition) is 14. The number of rotatable bonds is 38. The summed E-state index contributed by atoms with van der Waals surface area (Å²) in [6, 6.07) is 0. The summed E-state index contributed by atoms with van der Waals surface area (Å²) in [4.78, 5) is 13.0. The van der Waals surface area contributed by atoms with E-state index in [1.165, 1.54) is 77.0 Å². The van der Waals surface area contributed by atoms with Crippen molar-refractivity contribution in [3.8, 4) is 0 Å². The Kier molecular flexibility index (Phi) is 34.0. The van der Waals surface area contributed by atoms with E-state index in [1.54, 1.807) is 0 Å². The van der Waals surface area contributed by atoms with Crippen molar-refractivity contribution in [2.75, 3.05) is 33.0 Å². The highest BCUT2D eigenvalue weighted by Gasteiger charge is 2.47. The Bertz CT molecular complexity index is 1180. The number of hydrogen-bond donors (Lipinski definition) is 7. The van der Waals surface area contributed by atoms with Crippen LogP contribution in [-0.2, 0) is 33.2 Å². The first-order chi connectivity index (χ1) is 30.6. The molecule has 0 amide bonds. The molecule has 0 saturated carbocycles. The van der Waals surface area contributed by atoms with Crippen LogP contribution in [0, 0.1) is 0 Å². The van der Waals surface area contributed by atoms with Gasteiger partial charge >= 0.3 is 5.97 Å². The summed E-state index contributed by atoms with van der Waals surface area (Å²) in [5, 5.41) is 72.0. The third kappa shape index (κ3) is 25.6. The van der Waals surface area contributed by atoms with E-state index >= 15 is 0 Å². The first-order valence-electron chi connectivity index (χ1n) is 24.6. The van der Waals surface area contributed by atoms with Gasteiger partial charge in [-0.3, -0.25) is 4.79 Å². The van der Waals surface area contributed by atoms with Gasteiger partial charge in [-0.15, -0.1) is 0 Å². The Hall–Kier alpha value is -1.79. The van der Waals surface area contributed by atoms with Gasteiger partial charge in [-0.2, -0.15) is 0 Å². The van der Waals surface area contributed by atoms with Crippen LogP contribution in [0.25, 0.3) is 0 Å². The normalized spacial score (nSPS) is 27.3. The van der Waals surface area contributed by atoms with Crippen molar-refractivity contribution in [2.45, 2.75) is 235 Å². The molecule has 11 unspecified atom stereocenters. The third-order valence-electron chi connectivity index (χ3n) is 11.6. The van der Waals surface area contributed by atoms with Crippen LogP contribution in [-0.4, -0.2) is 142 Å². The van der Waals surface area contributed by atoms with Crippen LogP contribution in [0.1, 0.15) is 168 Å². The summed E-state index contributed by atoms with van der Waals surface area (Å²) in [6.45, 7) is 3.58. The summed E-state index contributed by atoms with van der Waals surface area (Å²) in [5.74, 6) is -0.388. The molecule has 0 radical (unpaired) electrons. The fraction of sp³-hybridized carbons (Fsp3) is 0.857. The van der Waals surface area contributed by atoms with Crippen LogP contribution >= 0.6 is 0 Å². The average Bonchev–Trinajstić information content (AvgIpc) is 3.28. The molecule has 0 bridgehead atoms. The van der Waals surface area contributed by atoms with E-state index in [1.807, 2.05) is 0 Å². The number of esters is 1. The molecule has 0 aromatic heterocycles. The van der Waals surface area contributed by atoms with Gasteiger partial charge in [-0.1, -0.05) is 134 Å². The second kappa shape index (κ2) is 37.3. The lowest BCUT2D eigenvalue weighted by atomic mass is 9.98. The predicted molar refractivity (Wildman–Crippen MR) is 243 cm³/mol. The first-order valence-corrected chi connectivity index (χ1v) is 24.6. The number of unbranched alkanes of at least 4 members (excludes halogenated alkanes) is 18. The molecule has 368 valence electrons. The molecule has 0 aromatic rings. The highest BCUT2D eigenvalue weighted by molar-refractivity contribution is 5.69. The van der Waals surface area contributed by atoms with Gasteiger partial charge in [0, 0.05) is 13.0 Å². The van der Waals surface area contributed by atoms with Crippen LogP contribution < -0.4 is 0 Å². The molecule has 2 saturated heterocycles. The van der Waals surface area contributed by atoms with Crippen molar-refractivity contribution >= 4 is 5.97 Å². The van der Waals surface area contributed by atoms with E-state index in [0.717, 1.165) is 64.2 Å². The largest absolute Gasteiger partial charge is 0.457 e. The van der Waals surface area contributed by atoms with Crippen LogP contribution in [0.15, 0.2) is 36.5 Å². The molecule has 2 heterocycles. The Morgan fingerprint density at radius 1 is 0.524 bits per heavy atom. The first kappa shape index (κ1) is 57.3. The van der Waals surface area contributed by atoms with Crippen molar-refractivity contribution in [3.05, 3.63) is 36.5 Å². The molecule has 11 atom stereocenters. The smallest absolute Gasteiger partial charge is 0.306 e. The summed E-state index contributed by atoms with van der Waals surface area (Å²) in [6.07, 6.45) is 23.5. The van der Waals surface area contributed by atoms with Gasteiger partial charge in [0.15, 0.2) is 12.6 Å². The second-order valence-corrected chi connectivity index (χ2v) is 17.3. The number of ether oxygens (including phenoxy) is 6. The minimum atomic E-state index is -1.71. The molecule has 2 aliphatic heterocycles. The topological polar surface area (TPSA) is 214 Å². The summed E-state index contributed by atoms with van der Waals surface area (Å²) >= 11 is 0. The van der Waals surface area contributed by atoms with Gasteiger partial charge in [0.05, 0.1) is 26.4 Å². The highest BCUT2D eigenvalue weighted by atomic mass is 16.7. The molecular weight excluding hydrogens is 813 g/mol. The van der Waals surface area contributed by atoms with Gasteiger partial charge in [0.2, 0.25) is 0 Å². The Balaban J connectivity index is 1.78. The van der Waals surface area contributed by atoms with E-state index in [-0.39, 0.29) is 25.6 Å². The number of aliphatic hydroxyl groups is 7. The summed E-state index contributed by atoms with van der Waals surface area (Å²) in [5.41, 5.74) is 0. The van der Waals surface area contributed by atoms with Gasteiger partial charge in [0.1, 0.15) is 54.9 Å². The van der Waals surface area contributed by atoms with Crippen molar-refractivity contribution in [2.24, 2.45) is 0 Å². The maximum absolute atomic E-state index is 13.0. The average molecular weight is 901 g/mol. The fourth-order valence-corrected chi connectivity index (χ4v) is 7.55. The zero-order chi connectivity index (χ0) is 45.9. The lowest BCUT2D eigenvalue weighted by Crippen LogP contribution is -2.61. The maximum atomic E-state index is 13.0. The van der Waals surface area contributed by atoms with Gasteiger partial charge in [0.25, 0.3) is 0 Å². The Labute approximate surface area is 379 Å². The third-order valence-corrected chi connectivity index (χ3v) is 11.6. The van der Waals surface area contributed by atoms with E-state index in [2.05, 4.69) is 50.3 Å². The van der Waals surface area contributed by atoms with Gasteiger partial charge in [-0.25, -0.2) is 0 Å². The molecule has 2 fully saturated rings. The number of allylic oxidation sites excluding steroid dienone is 6. The fourth-order valence-electron chi connectivity index (χ4n) is 7.55. The van der Waals surface area contributed by atoms with Crippen LogP contribution in [0.4, 0.5) is 0 Å². The quantitative estimate of drug-likeness (QED) is 0.0197. The van der Waals surface area contributed by atoms with E-state index < -0.39 is 80.7 Å². The minimum Gasteiger partial charge on any atom is -0.457 e. The van der Waals surface area contributed by atoms with Gasteiger partial charge in [-0.05, 0) is 64.2 Å². The maximum Gasteiger partial charge on any atom is 0.306 e. The van der Waals surface area contributed by atoms with E-state index in [9.17, 15) is 40.5 Å². The number of carbonyl (C=O) groups is 1. The van der Waals surface area contributed by atoms with E-state index in [0.29, 0.717) is 13.0 Å². The monoisotopic (exact) mass is 901 g/mol. The van der Waals surface area contributed by atoms with E-state index in [4.69, 9.17) is 28.4 Å². The van der Waals surface area contributed by atoms with Crippen molar-refractivity contribution < 1.29 is 69.0 Å². The van der Waals surface area contributed by atoms with Crippen LogP contribution in [0.2, 0.25) is 0 Å². The zero-order valence-corrected chi connectivity index (χ0v) is 38.8. The lowest BCUT2D eigenvalue weighted by Gasteiger charge is -2.42. The molecule has 0 aromatic carbocycles. The van der Waals surface area contributed by atoms with Crippen LogP contribution in [0.3, 0.4) is 0 Å². The van der Waals surface area contributed by atoms with Crippen molar-refractivity contribution in [1.82, 2.24) is 0 Å². The minimum absolute atomic E-state index is 0.0541. The van der Waals surface area contributed by atoms with Crippen LogP contribution in [0.5, 0.6) is 0 Å². The molecule has 7 N–H and O–H groups in total. The molecule has 14 heteroatoms. The molecular formula is C49H88O14. The SMILES string of the molecule is CCC/C=C\CCCCCCCCOCC(COC1OC(COC2OC(CO)C(O)C(O)C2O)C(O)C(O)C1O)OC(=O)CCCCCCCCC/C=C\C/C=C\CCCCCC. The predicted octanol–water partition coefficient (Wildman–Crippen LogP) is 6.63. The molecule has 2 rings (SSSR count). The highest BCUT2D eigenvalue weighted by Crippen LogP contribution is 2.26. The van der Waals surface area contributed by atoms with Gasteiger partial charge < -0.3 is 64.2 Å². The molecule has 63 heavy (non-hydrogen) atoms. The summed E-state index contributed by atoms with van der Waals surface area (Å²) in [7, 11) is 0. The summed E-state index contributed by atoms with van der Waals surface area (Å²) < 4.78 is 34.2. The number of carbonyl (C=O) groups excluding carboxylic acids is 1. The van der Waals surface area contributed by atoms with Crippen molar-refractivity contribution in [3.63, 3.8) is 0 Å². The van der Waals surface area contributed by atoms with Crippen molar-refractivity contribution in [1.29, 1.82) is 0 Å². The Morgan fingerprint density at radius 2 is 1.02 bits per heavy atom. The Morgan fingerprint density at radius 3 is 1.60 bits per heavy atom. The molecule has 14 nitrogen and oxygen atoms in total. The molecule has 2 aliphatic rings. The lowest BCUT2D eigenvalue weighted by molar-refractivity contribution is -0.332. The number of aliphatic hydroxyl groups excluding tert-OH is 7. The standard InChI is InChI=1S/C49H88O14/c1-3-5-7-9-11-13-15-16-17-18-19-20-21-22-24-26-28-30-32-41(51)61-38(35-58-33-31-29-27-25-23-14-12-10-8-6-4-2)36-59-48-47(57)45(55)43(53)40(63-48)37-60-49-46(56)44(54)42(52)39(34-50)62-49/h8,10,13,15,17-18,38-40,42-50,52-57H,3-7,9,11-12,14,16,19-37H2,1-2H3/b10-8-,15-13-,18-17-.